The number of rotatable bonds is 6. The summed E-state index contributed by atoms with van der Waals surface area (Å²) < 4.78 is 16.7. The summed E-state index contributed by atoms with van der Waals surface area (Å²) in [5.41, 5.74) is -0.0366. The Kier molecular flexibility index (Phi) is 9.88. The van der Waals surface area contributed by atoms with E-state index < -0.39 is 47.6 Å². The van der Waals surface area contributed by atoms with E-state index in [2.05, 4.69) is 15.8 Å². The van der Waals surface area contributed by atoms with Crippen LogP contribution in [0.5, 0.6) is 11.5 Å². The van der Waals surface area contributed by atoms with Gasteiger partial charge in [0.25, 0.3) is 0 Å². The van der Waals surface area contributed by atoms with Gasteiger partial charge in [-0.15, -0.1) is 0 Å². The number of fused-ring (bicyclic) bond motifs is 3. The molecule has 3 heterocycles. The highest BCUT2D eigenvalue weighted by Gasteiger charge is 2.61. The van der Waals surface area contributed by atoms with Gasteiger partial charge in [-0.3, -0.25) is 9.59 Å². The van der Waals surface area contributed by atoms with Gasteiger partial charge in [-0.1, -0.05) is 30.1 Å². The summed E-state index contributed by atoms with van der Waals surface area (Å²) >= 11 is 0. The van der Waals surface area contributed by atoms with Gasteiger partial charge in [0.2, 0.25) is 11.8 Å². The molecule has 0 unspecified atom stereocenters. The van der Waals surface area contributed by atoms with Crippen LogP contribution in [0.1, 0.15) is 82.6 Å². The van der Waals surface area contributed by atoms with E-state index in [0.29, 0.717) is 43.1 Å². The first-order valence-corrected chi connectivity index (χ1v) is 16.8. The number of carboxylic acids is 1. The van der Waals surface area contributed by atoms with Crippen LogP contribution in [-0.4, -0.2) is 89.7 Å². The predicted molar refractivity (Wildman–Crippen MR) is 169 cm³/mol. The maximum Gasteiger partial charge on any atom is 0.408 e. The lowest BCUT2D eigenvalue weighted by Crippen LogP contribution is -2.56. The van der Waals surface area contributed by atoms with Crippen molar-refractivity contribution in [2.45, 2.75) is 107 Å². The van der Waals surface area contributed by atoms with Gasteiger partial charge < -0.3 is 39.7 Å². The average Bonchev–Trinajstić information content (AvgIpc) is 3.35. The Balaban J connectivity index is 1.24. The van der Waals surface area contributed by atoms with Crippen molar-refractivity contribution in [3.63, 3.8) is 0 Å². The maximum absolute atomic E-state index is 14.2. The van der Waals surface area contributed by atoms with E-state index in [1.54, 1.807) is 13.2 Å². The molecule has 254 valence electrons. The molecule has 0 spiro atoms. The summed E-state index contributed by atoms with van der Waals surface area (Å²) in [5, 5.41) is 20.1. The monoisotopic (exact) mass is 652 g/mol. The van der Waals surface area contributed by atoms with Gasteiger partial charge >= 0.3 is 12.1 Å². The number of oxime groups is 1. The third-order valence-corrected chi connectivity index (χ3v) is 9.90. The molecule has 3 fully saturated rings. The molecule has 3 N–H and O–H groups in total. The molecule has 5 atom stereocenters. The number of carbonyl (C=O) groups excluding carboxylic acids is 3. The molecular weight excluding hydrogens is 608 g/mol. The van der Waals surface area contributed by atoms with E-state index in [0.717, 1.165) is 50.5 Å². The summed E-state index contributed by atoms with van der Waals surface area (Å²) in [4.78, 5) is 60.7. The Bertz CT molecular complexity index is 1420. The van der Waals surface area contributed by atoms with E-state index >= 15 is 0 Å². The van der Waals surface area contributed by atoms with E-state index in [1.807, 2.05) is 24.3 Å². The van der Waals surface area contributed by atoms with Crippen LogP contribution in [0.25, 0.3) is 0 Å². The second-order valence-corrected chi connectivity index (χ2v) is 13.1. The molecule has 47 heavy (non-hydrogen) atoms. The van der Waals surface area contributed by atoms with Crippen LogP contribution in [0.3, 0.4) is 0 Å². The van der Waals surface area contributed by atoms with Crippen LogP contribution in [0.15, 0.2) is 35.5 Å². The molecule has 5 aliphatic rings. The second kappa shape index (κ2) is 14.2. The summed E-state index contributed by atoms with van der Waals surface area (Å²) in [6.07, 6.45) is 10.3. The van der Waals surface area contributed by atoms with Crippen molar-refractivity contribution in [3.8, 4) is 11.5 Å². The molecule has 1 saturated heterocycles. The van der Waals surface area contributed by atoms with Crippen molar-refractivity contribution in [3.05, 3.63) is 35.9 Å². The predicted octanol–water partition coefficient (Wildman–Crippen LogP) is 3.69. The Morgan fingerprint density at radius 1 is 1.11 bits per heavy atom. The topological polar surface area (TPSA) is 165 Å². The standard InChI is InChI=1S/C34H44N4O9/c1-44-23-13-14-29-25(17-23)26(15-16-45-29)37-47-24-18-28-30(39)36-34(32(41)42)19-21(34)9-5-3-2-4-6-12-27(31(40)38(28)20-24)35-33(43)46-22-10-7-8-11-22/h5,9,13-14,17,21-22,24,27-28H,2-4,6-8,10-12,15-16,18-20H2,1H3,(H,35,43)(H,36,39)(H,41,42)/b9-5-,37-26+/t21-,24-,27+,28+,34+/m1/s1. The quantitative estimate of drug-likeness (QED) is 0.307. The molecule has 13 heteroatoms. The van der Waals surface area contributed by atoms with Gasteiger partial charge in [0, 0.05) is 24.3 Å². The van der Waals surface area contributed by atoms with Crippen LogP contribution in [0.2, 0.25) is 0 Å². The fourth-order valence-corrected chi connectivity index (χ4v) is 7.08. The number of ether oxygens (including phenoxy) is 3. The average molecular weight is 653 g/mol. The molecule has 1 aromatic carbocycles. The maximum atomic E-state index is 14.2. The normalized spacial score (nSPS) is 31.2. The molecule has 1 aromatic rings. The zero-order valence-corrected chi connectivity index (χ0v) is 26.8. The van der Waals surface area contributed by atoms with Crippen molar-refractivity contribution < 1.29 is 43.3 Å². The lowest BCUT2D eigenvalue weighted by atomic mass is 10.0. The number of allylic oxidation sites excluding steroid dienone is 1. The van der Waals surface area contributed by atoms with Crippen molar-refractivity contribution in [2.24, 2.45) is 11.1 Å². The number of hydrogen-bond donors (Lipinski definition) is 3. The number of hydrogen-bond acceptors (Lipinski definition) is 9. The summed E-state index contributed by atoms with van der Waals surface area (Å²) in [5.74, 6) is -1.15. The van der Waals surface area contributed by atoms with Gasteiger partial charge in [0.05, 0.1) is 26.0 Å². The zero-order valence-electron chi connectivity index (χ0n) is 26.8. The number of benzene rings is 1. The molecule has 3 aliphatic heterocycles. The molecule has 3 amide bonds. The summed E-state index contributed by atoms with van der Waals surface area (Å²) in [7, 11) is 1.57. The van der Waals surface area contributed by atoms with Gasteiger partial charge in [-0.2, -0.15) is 0 Å². The highest BCUT2D eigenvalue weighted by Crippen LogP contribution is 2.45. The van der Waals surface area contributed by atoms with Crippen molar-refractivity contribution in [1.82, 2.24) is 15.5 Å². The fraction of sp³-hybridized carbons (Fsp3) is 0.618. The van der Waals surface area contributed by atoms with Crippen molar-refractivity contribution in [2.75, 3.05) is 20.3 Å². The number of alkyl carbamates (subject to hydrolysis) is 1. The van der Waals surface area contributed by atoms with E-state index in [4.69, 9.17) is 19.0 Å². The van der Waals surface area contributed by atoms with Gasteiger partial charge in [-0.25, -0.2) is 9.59 Å². The van der Waals surface area contributed by atoms with E-state index in [1.165, 1.54) is 4.90 Å². The number of methoxy groups -OCH3 is 1. The molecular formula is C34H44N4O9. The van der Waals surface area contributed by atoms with Crippen LogP contribution in [-0.2, 0) is 24.0 Å². The summed E-state index contributed by atoms with van der Waals surface area (Å²) in [6.45, 7) is 0.452. The minimum Gasteiger partial charge on any atom is -0.497 e. The van der Waals surface area contributed by atoms with Crippen LogP contribution in [0.4, 0.5) is 4.79 Å². The third kappa shape index (κ3) is 7.33. The van der Waals surface area contributed by atoms with Crippen LogP contribution in [0, 0.1) is 5.92 Å². The molecule has 0 aromatic heterocycles. The van der Waals surface area contributed by atoms with Crippen molar-refractivity contribution >= 4 is 29.6 Å². The largest absolute Gasteiger partial charge is 0.497 e. The Morgan fingerprint density at radius 2 is 1.91 bits per heavy atom. The Labute approximate surface area is 274 Å². The summed E-state index contributed by atoms with van der Waals surface area (Å²) in [6, 6.07) is 3.49. The first-order valence-electron chi connectivity index (χ1n) is 16.8. The first kappa shape index (κ1) is 32.6. The highest BCUT2D eigenvalue weighted by atomic mass is 16.6. The fourth-order valence-electron chi connectivity index (χ4n) is 7.08. The number of carbonyl (C=O) groups is 4. The SMILES string of the molecule is COc1ccc2c(c1)/C(=N/O[C@@H]1C[C@H]3C(=O)N[C@@]4(C(=O)O)C[C@H]4/C=C\CCCCC[C@H](NC(=O)OC4CCCC4)C(=O)N3C1)CCO2. The molecule has 13 nitrogen and oxygen atoms in total. The van der Waals surface area contributed by atoms with Gasteiger partial charge in [0.15, 0.2) is 0 Å². The van der Waals surface area contributed by atoms with Gasteiger partial charge in [-0.05, 0) is 69.6 Å². The lowest BCUT2D eigenvalue weighted by Gasteiger charge is -2.29. The zero-order chi connectivity index (χ0) is 33.0. The van der Waals surface area contributed by atoms with Gasteiger partial charge in [0.1, 0.15) is 41.3 Å². The number of nitrogens with one attached hydrogen (secondary N) is 2. The third-order valence-electron chi connectivity index (χ3n) is 9.90. The number of carboxylic acid groups (broad SMARTS) is 1. The van der Waals surface area contributed by atoms with E-state index in [-0.39, 0.29) is 31.4 Å². The molecule has 6 rings (SSSR count). The first-order chi connectivity index (χ1) is 22.8. The van der Waals surface area contributed by atoms with Crippen LogP contribution < -0.4 is 20.1 Å². The molecule has 2 aliphatic carbocycles. The highest BCUT2D eigenvalue weighted by molar-refractivity contribution is 6.03. The number of amides is 3. The number of aliphatic carboxylic acids is 1. The van der Waals surface area contributed by atoms with Crippen molar-refractivity contribution in [1.29, 1.82) is 0 Å². The minimum absolute atomic E-state index is 0.0361. The molecule has 0 bridgehead atoms. The van der Waals surface area contributed by atoms with E-state index in [9.17, 15) is 24.3 Å². The molecule has 2 saturated carbocycles. The smallest absolute Gasteiger partial charge is 0.408 e. The second-order valence-electron chi connectivity index (χ2n) is 13.1. The van der Waals surface area contributed by atoms with Crippen LogP contribution >= 0.6 is 0 Å². The Morgan fingerprint density at radius 3 is 2.70 bits per heavy atom. The number of nitrogens with zero attached hydrogens (tertiary/aromatic N) is 2. The Hall–Kier alpha value is -4.29. The lowest BCUT2D eigenvalue weighted by molar-refractivity contribution is -0.145. The molecule has 0 radical (unpaired) electrons. The minimum atomic E-state index is -1.42.